The number of nitrogens with zero attached hydrogens (tertiary/aromatic N) is 2. The molecule has 110 valence electrons. The lowest BCUT2D eigenvalue weighted by atomic mass is 10.2. The Kier molecular flexibility index (Phi) is 3.36. The summed E-state index contributed by atoms with van der Waals surface area (Å²) in [4.78, 5) is 19.3. The Morgan fingerprint density at radius 1 is 1.35 bits per heavy atom. The first-order valence-corrected chi connectivity index (χ1v) is 9.46. The van der Waals surface area contributed by atoms with Gasteiger partial charge < -0.3 is 4.90 Å². The monoisotopic (exact) mass is 314 g/mol. The predicted molar refractivity (Wildman–Crippen MR) is 78.0 cm³/mol. The van der Waals surface area contributed by atoms with E-state index in [4.69, 9.17) is 0 Å². The topological polar surface area (TPSA) is 67.3 Å². The fourth-order valence-electron chi connectivity index (χ4n) is 2.53. The van der Waals surface area contributed by atoms with Gasteiger partial charge in [0.2, 0.25) is 0 Å². The highest BCUT2D eigenvalue weighted by molar-refractivity contribution is 7.91. The molecule has 1 saturated heterocycles. The number of amides is 1. The molecule has 0 N–H and O–H groups in total. The van der Waals surface area contributed by atoms with Gasteiger partial charge in [-0.25, -0.2) is 13.4 Å². The van der Waals surface area contributed by atoms with Crippen LogP contribution in [0.15, 0.2) is 0 Å². The second kappa shape index (κ2) is 4.80. The Bertz CT molecular complexity index is 647. The van der Waals surface area contributed by atoms with Crippen molar-refractivity contribution in [2.45, 2.75) is 38.1 Å². The van der Waals surface area contributed by atoms with Gasteiger partial charge in [-0.1, -0.05) is 0 Å². The Morgan fingerprint density at radius 3 is 2.60 bits per heavy atom. The summed E-state index contributed by atoms with van der Waals surface area (Å²) in [6.07, 6.45) is 2.87. The molecule has 5 nitrogen and oxygen atoms in total. The van der Waals surface area contributed by atoms with Crippen molar-refractivity contribution in [3.63, 3.8) is 0 Å². The van der Waals surface area contributed by atoms with Gasteiger partial charge in [0.15, 0.2) is 9.84 Å². The van der Waals surface area contributed by atoms with Gasteiger partial charge in [0.25, 0.3) is 5.91 Å². The first kappa shape index (κ1) is 14.0. The minimum Gasteiger partial charge on any atom is -0.337 e. The number of rotatable bonds is 3. The molecular weight excluding hydrogens is 296 g/mol. The zero-order valence-electron chi connectivity index (χ0n) is 11.6. The maximum absolute atomic E-state index is 12.5. The standard InChI is InChI=1S/C13H18N2O3S2/c1-8-11(19-12(14-8)9-3-4-9)13(16)15(2)10-5-6-20(17,18)7-10/h9-10H,3-7H2,1-2H3. The van der Waals surface area contributed by atoms with Crippen LogP contribution in [-0.4, -0.2) is 48.8 Å². The van der Waals surface area contributed by atoms with E-state index in [1.54, 1.807) is 11.9 Å². The SMILES string of the molecule is Cc1nc(C2CC2)sc1C(=O)N(C)C1CCS(=O)(=O)C1. The summed E-state index contributed by atoms with van der Waals surface area (Å²) in [7, 11) is -1.27. The lowest BCUT2D eigenvalue weighted by molar-refractivity contribution is 0.0751. The van der Waals surface area contributed by atoms with Crippen LogP contribution in [0, 0.1) is 6.92 Å². The first-order chi connectivity index (χ1) is 9.37. The zero-order valence-corrected chi connectivity index (χ0v) is 13.3. The van der Waals surface area contributed by atoms with Crippen LogP contribution >= 0.6 is 11.3 Å². The minimum absolute atomic E-state index is 0.0859. The molecule has 1 saturated carbocycles. The molecule has 1 amide bonds. The molecule has 2 fully saturated rings. The maximum atomic E-state index is 12.5. The van der Waals surface area contributed by atoms with Crippen molar-refractivity contribution in [3.8, 4) is 0 Å². The van der Waals surface area contributed by atoms with Crippen molar-refractivity contribution in [2.75, 3.05) is 18.6 Å². The molecule has 1 aromatic heterocycles. The van der Waals surface area contributed by atoms with Crippen LogP contribution in [0.4, 0.5) is 0 Å². The van der Waals surface area contributed by atoms with Gasteiger partial charge in [0.05, 0.1) is 22.2 Å². The summed E-state index contributed by atoms with van der Waals surface area (Å²) >= 11 is 1.47. The van der Waals surface area contributed by atoms with Crippen molar-refractivity contribution in [2.24, 2.45) is 0 Å². The van der Waals surface area contributed by atoms with E-state index in [1.165, 1.54) is 11.3 Å². The van der Waals surface area contributed by atoms with Gasteiger partial charge in [-0.2, -0.15) is 0 Å². The van der Waals surface area contributed by atoms with Gasteiger partial charge in [0.1, 0.15) is 4.88 Å². The molecule has 1 aromatic rings. The molecule has 3 rings (SSSR count). The number of sulfone groups is 1. The van der Waals surface area contributed by atoms with E-state index in [0.717, 1.165) is 23.5 Å². The van der Waals surface area contributed by atoms with Crippen LogP contribution in [0.25, 0.3) is 0 Å². The van der Waals surface area contributed by atoms with E-state index in [1.807, 2.05) is 6.92 Å². The second-order valence-electron chi connectivity index (χ2n) is 5.71. The first-order valence-electron chi connectivity index (χ1n) is 6.82. The molecule has 1 aliphatic carbocycles. The third-order valence-corrected chi connectivity index (χ3v) is 7.07. The molecule has 2 heterocycles. The summed E-state index contributed by atoms with van der Waals surface area (Å²) in [5, 5.41) is 1.05. The van der Waals surface area contributed by atoms with E-state index in [9.17, 15) is 13.2 Å². The van der Waals surface area contributed by atoms with E-state index in [2.05, 4.69) is 4.98 Å². The van der Waals surface area contributed by atoms with Crippen LogP contribution in [-0.2, 0) is 9.84 Å². The largest absolute Gasteiger partial charge is 0.337 e. The number of carbonyl (C=O) groups excluding carboxylic acids is 1. The zero-order chi connectivity index (χ0) is 14.5. The normalized spacial score (nSPS) is 24.8. The van der Waals surface area contributed by atoms with Crippen LogP contribution in [0.5, 0.6) is 0 Å². The van der Waals surface area contributed by atoms with Gasteiger partial charge >= 0.3 is 0 Å². The molecule has 0 radical (unpaired) electrons. The van der Waals surface area contributed by atoms with Gasteiger partial charge in [-0.05, 0) is 26.2 Å². The smallest absolute Gasteiger partial charge is 0.265 e. The highest BCUT2D eigenvalue weighted by Gasteiger charge is 2.35. The van der Waals surface area contributed by atoms with Crippen molar-refractivity contribution in [1.82, 2.24) is 9.88 Å². The third kappa shape index (κ3) is 2.61. The Labute approximate surface area is 122 Å². The Hall–Kier alpha value is -0.950. The third-order valence-electron chi connectivity index (χ3n) is 4.01. The van der Waals surface area contributed by atoms with Crippen LogP contribution < -0.4 is 0 Å². The van der Waals surface area contributed by atoms with Crippen molar-refractivity contribution >= 4 is 27.1 Å². The highest BCUT2D eigenvalue weighted by Crippen LogP contribution is 2.42. The van der Waals surface area contributed by atoms with Crippen molar-refractivity contribution in [3.05, 3.63) is 15.6 Å². The quantitative estimate of drug-likeness (QED) is 0.849. The molecule has 2 aliphatic rings. The molecular formula is C13H18N2O3S2. The van der Waals surface area contributed by atoms with Crippen LogP contribution in [0.1, 0.15) is 45.6 Å². The van der Waals surface area contributed by atoms with Gasteiger partial charge in [-0.15, -0.1) is 11.3 Å². The van der Waals surface area contributed by atoms with Crippen molar-refractivity contribution < 1.29 is 13.2 Å². The van der Waals surface area contributed by atoms with E-state index in [0.29, 0.717) is 17.2 Å². The molecule has 20 heavy (non-hydrogen) atoms. The van der Waals surface area contributed by atoms with E-state index < -0.39 is 9.84 Å². The minimum atomic E-state index is -2.97. The summed E-state index contributed by atoms with van der Waals surface area (Å²) < 4.78 is 23.1. The summed E-state index contributed by atoms with van der Waals surface area (Å²) in [6.45, 7) is 1.86. The molecule has 1 atom stereocenters. The average Bonchev–Trinajstić information content (AvgIpc) is 3.07. The van der Waals surface area contributed by atoms with Crippen LogP contribution in [0.3, 0.4) is 0 Å². The number of carbonyl (C=O) groups is 1. The lowest BCUT2D eigenvalue weighted by Gasteiger charge is -2.22. The summed E-state index contributed by atoms with van der Waals surface area (Å²) in [5.41, 5.74) is 0.773. The van der Waals surface area contributed by atoms with Gasteiger partial charge in [0, 0.05) is 19.0 Å². The summed E-state index contributed by atoms with van der Waals surface area (Å²) in [6, 6.07) is -0.196. The Balaban J connectivity index is 1.78. The number of hydrogen-bond acceptors (Lipinski definition) is 5. The maximum Gasteiger partial charge on any atom is 0.265 e. The van der Waals surface area contributed by atoms with E-state index >= 15 is 0 Å². The van der Waals surface area contributed by atoms with Crippen LogP contribution in [0.2, 0.25) is 0 Å². The van der Waals surface area contributed by atoms with E-state index in [-0.39, 0.29) is 23.5 Å². The van der Waals surface area contributed by atoms with Crippen molar-refractivity contribution in [1.29, 1.82) is 0 Å². The average molecular weight is 314 g/mol. The molecule has 0 spiro atoms. The molecule has 0 aromatic carbocycles. The van der Waals surface area contributed by atoms with Gasteiger partial charge in [-0.3, -0.25) is 4.79 Å². The Morgan fingerprint density at radius 2 is 2.05 bits per heavy atom. The number of aryl methyl sites for hydroxylation is 1. The number of aromatic nitrogens is 1. The second-order valence-corrected chi connectivity index (χ2v) is 8.97. The number of hydrogen-bond donors (Lipinski definition) is 0. The summed E-state index contributed by atoms with van der Waals surface area (Å²) in [5.74, 6) is 0.721. The molecule has 1 aliphatic heterocycles. The lowest BCUT2D eigenvalue weighted by Crippen LogP contribution is -2.37. The fraction of sp³-hybridized carbons (Fsp3) is 0.692. The molecule has 0 bridgehead atoms. The molecule has 1 unspecified atom stereocenters. The number of thiazole rings is 1. The fourth-order valence-corrected chi connectivity index (χ4v) is 5.52. The highest BCUT2D eigenvalue weighted by atomic mass is 32.2. The molecule has 7 heteroatoms. The predicted octanol–water partition coefficient (Wildman–Crippen LogP) is 1.59.